The van der Waals surface area contributed by atoms with Gasteiger partial charge >= 0.3 is 0 Å². The van der Waals surface area contributed by atoms with Crippen LogP contribution in [0.1, 0.15) is 46.5 Å². The van der Waals surface area contributed by atoms with Gasteiger partial charge in [0.05, 0.1) is 5.25 Å². The molecule has 1 aliphatic heterocycles. The number of carbonyl (C=O) groups is 2. The molecule has 0 aromatic carbocycles. The first-order valence-corrected chi connectivity index (χ1v) is 7.82. The number of carbonyl (C=O) groups excluding carboxylic acids is 2. The Morgan fingerprint density at radius 1 is 1.28 bits per heavy atom. The highest BCUT2D eigenvalue weighted by molar-refractivity contribution is 8.00. The largest absolute Gasteiger partial charge is 0.327 e. The molecule has 2 atom stereocenters. The van der Waals surface area contributed by atoms with Crippen molar-refractivity contribution in [2.75, 3.05) is 5.75 Å². The standard InChI is InChI=1S/C13H24N2O2S/c1-4-9(14)8-18-11-7-12(16)15(13(11)17)10(5-2)6-3/h9-11H,4-8,14H2,1-3H3. The second kappa shape index (κ2) is 7.14. The Morgan fingerprint density at radius 3 is 2.39 bits per heavy atom. The molecule has 1 aliphatic rings. The summed E-state index contributed by atoms with van der Waals surface area (Å²) in [7, 11) is 0. The van der Waals surface area contributed by atoms with E-state index in [9.17, 15) is 9.59 Å². The van der Waals surface area contributed by atoms with E-state index < -0.39 is 0 Å². The van der Waals surface area contributed by atoms with Gasteiger partial charge in [-0.2, -0.15) is 0 Å². The third-order valence-electron chi connectivity index (χ3n) is 3.49. The second-order valence-electron chi connectivity index (χ2n) is 4.77. The number of nitrogens with zero attached hydrogens (tertiary/aromatic N) is 1. The van der Waals surface area contributed by atoms with Gasteiger partial charge in [0.1, 0.15) is 0 Å². The van der Waals surface area contributed by atoms with Crippen LogP contribution in [-0.2, 0) is 9.59 Å². The summed E-state index contributed by atoms with van der Waals surface area (Å²) in [6.07, 6.45) is 2.91. The summed E-state index contributed by atoms with van der Waals surface area (Å²) in [5.41, 5.74) is 5.85. The Kier molecular flexibility index (Phi) is 6.15. The number of imide groups is 1. The molecule has 2 N–H and O–H groups in total. The summed E-state index contributed by atoms with van der Waals surface area (Å²) in [4.78, 5) is 25.6. The molecule has 18 heavy (non-hydrogen) atoms. The number of hydrogen-bond acceptors (Lipinski definition) is 4. The number of hydrogen-bond donors (Lipinski definition) is 1. The van der Waals surface area contributed by atoms with Crippen LogP contribution in [0.25, 0.3) is 0 Å². The molecule has 0 spiro atoms. The number of amides is 2. The molecule has 1 heterocycles. The third-order valence-corrected chi connectivity index (χ3v) is 4.88. The maximum Gasteiger partial charge on any atom is 0.243 e. The molecule has 0 radical (unpaired) electrons. The van der Waals surface area contributed by atoms with Crippen LogP contribution in [0, 0.1) is 0 Å². The summed E-state index contributed by atoms with van der Waals surface area (Å²) < 4.78 is 0. The maximum absolute atomic E-state index is 12.2. The van der Waals surface area contributed by atoms with Gasteiger partial charge in [0, 0.05) is 24.3 Å². The summed E-state index contributed by atoms with van der Waals surface area (Å²) in [6, 6.07) is 0.176. The lowest BCUT2D eigenvalue weighted by Crippen LogP contribution is -2.40. The molecule has 0 bridgehead atoms. The smallest absolute Gasteiger partial charge is 0.243 e. The summed E-state index contributed by atoms with van der Waals surface area (Å²) in [6.45, 7) is 6.06. The van der Waals surface area contributed by atoms with E-state index in [0.717, 1.165) is 25.0 Å². The van der Waals surface area contributed by atoms with Gasteiger partial charge in [-0.15, -0.1) is 11.8 Å². The van der Waals surface area contributed by atoms with Crippen molar-refractivity contribution in [1.82, 2.24) is 4.90 Å². The fourth-order valence-corrected chi connectivity index (χ4v) is 3.38. The molecule has 0 aromatic heterocycles. The monoisotopic (exact) mass is 272 g/mol. The Balaban J connectivity index is 2.60. The predicted octanol–water partition coefficient (Wildman–Crippen LogP) is 1.77. The number of thioether (sulfide) groups is 1. The van der Waals surface area contributed by atoms with E-state index in [4.69, 9.17) is 5.73 Å². The van der Waals surface area contributed by atoms with Gasteiger partial charge < -0.3 is 5.73 Å². The zero-order chi connectivity index (χ0) is 13.7. The van der Waals surface area contributed by atoms with Gasteiger partial charge in [0.2, 0.25) is 11.8 Å². The second-order valence-corrected chi connectivity index (χ2v) is 6.00. The topological polar surface area (TPSA) is 63.4 Å². The van der Waals surface area contributed by atoms with E-state index in [1.165, 1.54) is 16.7 Å². The van der Waals surface area contributed by atoms with Crippen molar-refractivity contribution in [1.29, 1.82) is 0 Å². The summed E-state index contributed by atoms with van der Waals surface area (Å²) in [5.74, 6) is 0.718. The Labute approximate surface area is 114 Å². The highest BCUT2D eigenvalue weighted by Gasteiger charge is 2.41. The average Bonchev–Trinajstić information content (AvgIpc) is 2.65. The lowest BCUT2D eigenvalue weighted by Gasteiger charge is -2.24. The molecule has 1 saturated heterocycles. The van der Waals surface area contributed by atoms with Crippen LogP contribution < -0.4 is 5.73 Å². The molecule has 2 amide bonds. The maximum atomic E-state index is 12.2. The predicted molar refractivity (Wildman–Crippen MR) is 75.4 cm³/mol. The molecule has 4 nitrogen and oxygen atoms in total. The van der Waals surface area contributed by atoms with Crippen molar-refractivity contribution < 1.29 is 9.59 Å². The van der Waals surface area contributed by atoms with Crippen molar-refractivity contribution in [2.45, 2.75) is 63.8 Å². The molecular weight excluding hydrogens is 248 g/mol. The normalized spacial score (nSPS) is 22.1. The van der Waals surface area contributed by atoms with E-state index in [1.54, 1.807) is 0 Å². The molecule has 104 valence electrons. The summed E-state index contributed by atoms with van der Waals surface area (Å²) in [5, 5.41) is -0.212. The first kappa shape index (κ1) is 15.5. The van der Waals surface area contributed by atoms with Crippen molar-refractivity contribution >= 4 is 23.6 Å². The van der Waals surface area contributed by atoms with Gasteiger partial charge in [-0.25, -0.2) is 0 Å². The van der Waals surface area contributed by atoms with Gasteiger partial charge in [-0.1, -0.05) is 20.8 Å². The van der Waals surface area contributed by atoms with Crippen LogP contribution in [0.3, 0.4) is 0 Å². The number of nitrogens with two attached hydrogens (primary N) is 1. The van der Waals surface area contributed by atoms with Gasteiger partial charge in [0.15, 0.2) is 0 Å². The zero-order valence-corrected chi connectivity index (χ0v) is 12.3. The van der Waals surface area contributed by atoms with Crippen LogP contribution in [0.2, 0.25) is 0 Å². The Hall–Kier alpha value is -0.550. The van der Waals surface area contributed by atoms with Crippen molar-refractivity contribution in [3.63, 3.8) is 0 Å². The molecule has 0 saturated carbocycles. The van der Waals surface area contributed by atoms with Crippen molar-refractivity contribution in [3.05, 3.63) is 0 Å². The van der Waals surface area contributed by atoms with Gasteiger partial charge in [-0.3, -0.25) is 14.5 Å². The van der Waals surface area contributed by atoms with E-state index in [0.29, 0.717) is 6.42 Å². The first-order valence-electron chi connectivity index (χ1n) is 6.78. The molecule has 1 fully saturated rings. The third kappa shape index (κ3) is 3.48. The van der Waals surface area contributed by atoms with Crippen LogP contribution in [0.15, 0.2) is 0 Å². The van der Waals surface area contributed by atoms with E-state index >= 15 is 0 Å². The van der Waals surface area contributed by atoms with Gasteiger partial charge in [0.25, 0.3) is 0 Å². The van der Waals surface area contributed by atoms with E-state index in [-0.39, 0.29) is 29.1 Å². The van der Waals surface area contributed by atoms with E-state index in [1.807, 2.05) is 20.8 Å². The lowest BCUT2D eigenvalue weighted by atomic mass is 10.1. The van der Waals surface area contributed by atoms with Crippen molar-refractivity contribution in [3.8, 4) is 0 Å². The average molecular weight is 272 g/mol. The molecule has 2 unspecified atom stereocenters. The fourth-order valence-electron chi connectivity index (χ4n) is 2.15. The lowest BCUT2D eigenvalue weighted by molar-refractivity contribution is -0.141. The molecule has 1 rings (SSSR count). The molecular formula is C13H24N2O2S. The minimum Gasteiger partial charge on any atom is -0.327 e. The fraction of sp³-hybridized carbons (Fsp3) is 0.846. The van der Waals surface area contributed by atoms with Crippen LogP contribution >= 0.6 is 11.8 Å². The van der Waals surface area contributed by atoms with Crippen LogP contribution in [0.4, 0.5) is 0 Å². The van der Waals surface area contributed by atoms with Crippen molar-refractivity contribution in [2.24, 2.45) is 5.73 Å². The highest BCUT2D eigenvalue weighted by Crippen LogP contribution is 2.28. The summed E-state index contributed by atoms with van der Waals surface area (Å²) >= 11 is 1.53. The molecule has 5 heteroatoms. The number of rotatable bonds is 7. The molecule has 0 aliphatic carbocycles. The Bertz CT molecular complexity index is 305. The zero-order valence-electron chi connectivity index (χ0n) is 11.5. The van der Waals surface area contributed by atoms with Crippen LogP contribution in [-0.4, -0.2) is 39.8 Å². The Morgan fingerprint density at radius 2 is 1.89 bits per heavy atom. The molecule has 0 aromatic rings. The quantitative estimate of drug-likeness (QED) is 0.717. The van der Waals surface area contributed by atoms with Crippen LogP contribution in [0.5, 0.6) is 0 Å². The SMILES string of the molecule is CCC(N)CSC1CC(=O)N(C(CC)CC)C1=O. The van der Waals surface area contributed by atoms with Gasteiger partial charge in [-0.05, 0) is 19.3 Å². The number of likely N-dealkylation sites (tertiary alicyclic amines) is 1. The minimum absolute atomic E-state index is 0.0120. The minimum atomic E-state index is -0.212. The highest BCUT2D eigenvalue weighted by atomic mass is 32.2. The first-order chi connectivity index (χ1) is 8.54. The van der Waals surface area contributed by atoms with E-state index in [2.05, 4.69) is 0 Å².